The summed E-state index contributed by atoms with van der Waals surface area (Å²) in [5.74, 6) is 1.95. The molecule has 0 bridgehead atoms. The Kier molecular flexibility index (Phi) is 4.10. The lowest BCUT2D eigenvalue weighted by molar-refractivity contribution is 0.410. The second-order valence-corrected chi connectivity index (χ2v) is 5.63. The number of hydrogen-bond acceptors (Lipinski definition) is 3. The molecule has 0 spiro atoms. The van der Waals surface area contributed by atoms with Gasteiger partial charge in [-0.1, -0.05) is 6.07 Å². The predicted octanol–water partition coefficient (Wildman–Crippen LogP) is 3.92. The molecule has 0 amide bonds. The van der Waals surface area contributed by atoms with E-state index in [2.05, 4.69) is 4.98 Å². The fourth-order valence-corrected chi connectivity index (χ4v) is 3.08. The Bertz CT molecular complexity index is 724. The molecule has 0 atom stereocenters. The minimum Gasteiger partial charge on any atom is -0.496 e. The van der Waals surface area contributed by atoms with Crippen molar-refractivity contribution in [2.24, 2.45) is 0 Å². The topological polar surface area (TPSA) is 26.5 Å². The molecule has 0 radical (unpaired) electrons. The van der Waals surface area contributed by atoms with Gasteiger partial charge in [0, 0.05) is 29.5 Å². The molecule has 0 N–H and O–H groups in total. The van der Waals surface area contributed by atoms with E-state index in [4.69, 9.17) is 4.74 Å². The molecule has 3 nitrogen and oxygen atoms in total. The van der Waals surface area contributed by atoms with Crippen LogP contribution in [0.2, 0.25) is 0 Å². The fourth-order valence-electron chi connectivity index (χ4n) is 2.18. The summed E-state index contributed by atoms with van der Waals surface area (Å²) in [6, 6.07) is 10.5. The Labute approximate surface area is 126 Å². The van der Waals surface area contributed by atoms with E-state index in [0.717, 1.165) is 28.4 Å². The highest BCUT2D eigenvalue weighted by Crippen LogP contribution is 2.25. The van der Waals surface area contributed by atoms with Gasteiger partial charge in [-0.2, -0.15) is 11.8 Å². The van der Waals surface area contributed by atoms with Gasteiger partial charge in [0.25, 0.3) is 0 Å². The maximum Gasteiger partial charge on any atom is 0.137 e. The Hall–Kier alpha value is -2.01. The van der Waals surface area contributed by atoms with Gasteiger partial charge in [-0.05, 0) is 30.3 Å². The Morgan fingerprint density at radius 1 is 1.24 bits per heavy atom. The zero-order valence-corrected chi connectivity index (χ0v) is 12.4. The molecule has 108 valence electrons. The third-order valence-corrected chi connectivity index (χ3v) is 4.18. The fraction of sp³-hybridized carbons (Fsp3) is 0.188. The highest BCUT2D eigenvalue weighted by atomic mass is 32.2. The number of pyridine rings is 1. The van der Waals surface area contributed by atoms with Gasteiger partial charge in [0.1, 0.15) is 17.2 Å². The Balaban J connectivity index is 1.67. The van der Waals surface area contributed by atoms with E-state index in [1.165, 1.54) is 12.1 Å². The number of ether oxygens (including phenoxy) is 1. The number of halogens is 1. The molecule has 0 aliphatic carbocycles. The number of aromatic nitrogens is 2. The summed E-state index contributed by atoms with van der Waals surface area (Å²) in [7, 11) is 1.60. The van der Waals surface area contributed by atoms with E-state index in [9.17, 15) is 4.39 Å². The normalized spacial score (nSPS) is 11.0. The number of thioether (sulfide) groups is 1. The van der Waals surface area contributed by atoms with Crippen LogP contribution in [0.25, 0.3) is 5.65 Å². The van der Waals surface area contributed by atoms with Crippen LogP contribution in [0.15, 0.2) is 48.8 Å². The summed E-state index contributed by atoms with van der Waals surface area (Å²) >= 11 is 1.69. The van der Waals surface area contributed by atoms with Crippen molar-refractivity contribution in [1.29, 1.82) is 0 Å². The molecule has 2 aromatic heterocycles. The van der Waals surface area contributed by atoms with Crippen LogP contribution in [-0.2, 0) is 11.5 Å². The maximum atomic E-state index is 13.3. The molecule has 3 rings (SSSR count). The van der Waals surface area contributed by atoms with Gasteiger partial charge in [-0.3, -0.25) is 0 Å². The molecular weight excluding hydrogens is 287 g/mol. The summed E-state index contributed by atoms with van der Waals surface area (Å²) in [6.07, 6.45) is 4.00. The second-order valence-electron chi connectivity index (χ2n) is 4.65. The first-order valence-corrected chi connectivity index (χ1v) is 7.74. The molecule has 1 aromatic carbocycles. The SMILES string of the molecule is COc1ccc(F)cc1CSCc1cn2ccccc2n1. The smallest absolute Gasteiger partial charge is 0.137 e. The summed E-state index contributed by atoms with van der Waals surface area (Å²) in [5.41, 5.74) is 2.82. The third-order valence-electron chi connectivity index (χ3n) is 3.16. The van der Waals surface area contributed by atoms with Gasteiger partial charge >= 0.3 is 0 Å². The molecule has 3 aromatic rings. The Morgan fingerprint density at radius 2 is 2.14 bits per heavy atom. The van der Waals surface area contributed by atoms with Crippen LogP contribution in [-0.4, -0.2) is 16.5 Å². The molecule has 0 saturated heterocycles. The zero-order chi connectivity index (χ0) is 14.7. The van der Waals surface area contributed by atoms with Crippen molar-refractivity contribution in [3.8, 4) is 5.75 Å². The lowest BCUT2D eigenvalue weighted by atomic mass is 10.2. The number of hydrogen-bond donors (Lipinski definition) is 0. The van der Waals surface area contributed by atoms with Crippen molar-refractivity contribution in [3.05, 3.63) is 65.9 Å². The van der Waals surface area contributed by atoms with Crippen LogP contribution in [0, 0.1) is 5.82 Å². The zero-order valence-electron chi connectivity index (χ0n) is 11.6. The van der Waals surface area contributed by atoms with E-state index in [1.54, 1.807) is 24.9 Å². The number of rotatable bonds is 5. The standard InChI is InChI=1S/C16H15FN2OS/c1-20-15-6-5-13(17)8-12(15)10-21-11-14-9-19-7-3-2-4-16(19)18-14/h2-9H,10-11H2,1H3. The van der Waals surface area contributed by atoms with E-state index in [-0.39, 0.29) is 5.82 Å². The van der Waals surface area contributed by atoms with Gasteiger partial charge < -0.3 is 9.14 Å². The summed E-state index contributed by atoms with van der Waals surface area (Å²) in [6.45, 7) is 0. The molecule has 0 fully saturated rings. The van der Waals surface area contributed by atoms with Crippen LogP contribution in [0.5, 0.6) is 5.75 Å². The van der Waals surface area contributed by atoms with E-state index in [0.29, 0.717) is 5.75 Å². The van der Waals surface area contributed by atoms with Gasteiger partial charge in [-0.15, -0.1) is 0 Å². The quantitative estimate of drug-likeness (QED) is 0.715. The maximum absolute atomic E-state index is 13.3. The van der Waals surface area contributed by atoms with E-state index < -0.39 is 0 Å². The number of imidazole rings is 1. The van der Waals surface area contributed by atoms with Crippen molar-refractivity contribution < 1.29 is 9.13 Å². The number of methoxy groups -OCH3 is 1. The first-order valence-electron chi connectivity index (χ1n) is 6.59. The predicted molar refractivity (Wildman–Crippen MR) is 83.1 cm³/mol. The van der Waals surface area contributed by atoms with E-state index in [1.807, 2.05) is 35.0 Å². The van der Waals surface area contributed by atoms with Crippen molar-refractivity contribution in [2.45, 2.75) is 11.5 Å². The molecule has 0 aliphatic rings. The van der Waals surface area contributed by atoms with Gasteiger partial charge in [0.15, 0.2) is 0 Å². The Morgan fingerprint density at radius 3 is 2.95 bits per heavy atom. The molecule has 0 unspecified atom stereocenters. The van der Waals surface area contributed by atoms with Crippen molar-refractivity contribution in [1.82, 2.24) is 9.38 Å². The number of nitrogens with zero attached hydrogens (tertiary/aromatic N) is 2. The summed E-state index contributed by atoms with van der Waals surface area (Å²) < 4.78 is 20.5. The van der Waals surface area contributed by atoms with Gasteiger partial charge in [-0.25, -0.2) is 9.37 Å². The lowest BCUT2D eigenvalue weighted by Crippen LogP contribution is -1.92. The first kappa shape index (κ1) is 13.9. The van der Waals surface area contributed by atoms with Crippen LogP contribution in [0.4, 0.5) is 4.39 Å². The molecule has 0 saturated carbocycles. The minimum absolute atomic E-state index is 0.237. The molecule has 2 heterocycles. The van der Waals surface area contributed by atoms with Crippen LogP contribution >= 0.6 is 11.8 Å². The average Bonchev–Trinajstić information content (AvgIpc) is 2.90. The number of fused-ring (bicyclic) bond motifs is 1. The highest BCUT2D eigenvalue weighted by molar-refractivity contribution is 7.97. The monoisotopic (exact) mass is 302 g/mol. The number of benzene rings is 1. The first-order chi connectivity index (χ1) is 10.3. The van der Waals surface area contributed by atoms with Gasteiger partial charge in [0.05, 0.1) is 12.8 Å². The van der Waals surface area contributed by atoms with E-state index >= 15 is 0 Å². The molecule has 21 heavy (non-hydrogen) atoms. The summed E-state index contributed by atoms with van der Waals surface area (Å²) in [5, 5.41) is 0. The van der Waals surface area contributed by atoms with Gasteiger partial charge in [0.2, 0.25) is 0 Å². The summed E-state index contributed by atoms with van der Waals surface area (Å²) in [4.78, 5) is 4.54. The third kappa shape index (κ3) is 3.19. The minimum atomic E-state index is -0.237. The van der Waals surface area contributed by atoms with Crippen molar-refractivity contribution >= 4 is 17.4 Å². The van der Waals surface area contributed by atoms with Crippen LogP contribution in [0.1, 0.15) is 11.3 Å². The lowest BCUT2D eigenvalue weighted by Gasteiger charge is -2.07. The molecular formula is C16H15FN2OS. The van der Waals surface area contributed by atoms with Crippen LogP contribution < -0.4 is 4.74 Å². The second kappa shape index (κ2) is 6.18. The van der Waals surface area contributed by atoms with Crippen molar-refractivity contribution in [3.63, 3.8) is 0 Å². The largest absolute Gasteiger partial charge is 0.496 e. The average molecular weight is 302 g/mol. The van der Waals surface area contributed by atoms with Crippen LogP contribution in [0.3, 0.4) is 0 Å². The molecule has 0 aliphatic heterocycles. The van der Waals surface area contributed by atoms with Crippen molar-refractivity contribution in [2.75, 3.05) is 7.11 Å². The highest BCUT2D eigenvalue weighted by Gasteiger charge is 2.06. The molecule has 5 heteroatoms.